The number of hydrogen-bond donors (Lipinski definition) is 0. The summed E-state index contributed by atoms with van der Waals surface area (Å²) in [6.45, 7) is 2.53. The van der Waals surface area contributed by atoms with E-state index in [0.29, 0.717) is 32.8 Å². The van der Waals surface area contributed by atoms with E-state index < -0.39 is 10.1 Å². The molecule has 0 saturated carbocycles. The molecule has 0 N–H and O–H groups in total. The van der Waals surface area contributed by atoms with E-state index in [1.165, 1.54) is 0 Å². The van der Waals surface area contributed by atoms with E-state index in [1.54, 1.807) is 0 Å². The van der Waals surface area contributed by atoms with Crippen molar-refractivity contribution in [3.05, 3.63) is 35.9 Å². The third kappa shape index (κ3) is 9.91. The zero-order chi connectivity index (χ0) is 14.7. The highest BCUT2D eigenvalue weighted by Crippen LogP contribution is 2.00. The Labute approximate surface area is 121 Å². The van der Waals surface area contributed by atoms with Crippen molar-refractivity contribution in [2.75, 3.05) is 32.7 Å². The Morgan fingerprint density at radius 2 is 1.50 bits per heavy atom. The number of ether oxygens (including phenoxy) is 2. The molecule has 1 rings (SSSR count). The fourth-order valence-electron chi connectivity index (χ4n) is 1.50. The molecular weight excluding hydrogens is 280 g/mol. The van der Waals surface area contributed by atoms with Gasteiger partial charge < -0.3 is 9.47 Å². The molecule has 0 aliphatic carbocycles. The molecule has 0 bridgehead atoms. The van der Waals surface area contributed by atoms with E-state index >= 15 is 0 Å². The van der Waals surface area contributed by atoms with E-state index in [1.807, 2.05) is 30.3 Å². The molecule has 1 aromatic carbocycles. The van der Waals surface area contributed by atoms with E-state index in [9.17, 15) is 8.42 Å². The number of hydrogen-bond acceptors (Lipinski definition) is 5. The molecule has 0 aliphatic rings. The zero-order valence-electron chi connectivity index (χ0n) is 11.8. The Morgan fingerprint density at radius 3 is 2.15 bits per heavy atom. The predicted octanol–water partition coefficient (Wildman–Crippen LogP) is 1.98. The first-order valence-corrected chi connectivity index (χ1v) is 8.43. The van der Waals surface area contributed by atoms with Gasteiger partial charge in [0, 0.05) is 19.8 Å². The predicted molar refractivity (Wildman–Crippen MR) is 76.9 cm³/mol. The molecule has 0 aromatic heterocycles. The van der Waals surface area contributed by atoms with Crippen LogP contribution in [0.25, 0.3) is 0 Å². The Hall–Kier alpha value is -0.950. The molecule has 0 unspecified atom stereocenters. The van der Waals surface area contributed by atoms with Crippen LogP contribution in [0.15, 0.2) is 30.3 Å². The summed E-state index contributed by atoms with van der Waals surface area (Å²) in [4.78, 5) is 0. The van der Waals surface area contributed by atoms with Crippen molar-refractivity contribution < 1.29 is 22.1 Å². The van der Waals surface area contributed by atoms with Gasteiger partial charge in [-0.2, -0.15) is 8.42 Å². The second-order valence-electron chi connectivity index (χ2n) is 4.38. The summed E-state index contributed by atoms with van der Waals surface area (Å²) >= 11 is 0. The molecule has 0 atom stereocenters. The van der Waals surface area contributed by atoms with E-state index in [-0.39, 0.29) is 6.61 Å². The van der Waals surface area contributed by atoms with Gasteiger partial charge in [-0.1, -0.05) is 30.3 Å². The third-order valence-electron chi connectivity index (χ3n) is 2.42. The van der Waals surface area contributed by atoms with E-state index in [4.69, 9.17) is 9.47 Å². The molecule has 5 nitrogen and oxygen atoms in total. The van der Waals surface area contributed by atoms with Crippen LogP contribution in [0.4, 0.5) is 0 Å². The summed E-state index contributed by atoms with van der Waals surface area (Å²) < 4.78 is 36.8. The van der Waals surface area contributed by atoms with Crippen LogP contribution in [0.3, 0.4) is 0 Å². The summed E-state index contributed by atoms with van der Waals surface area (Å²) in [7, 11) is -3.33. The minimum atomic E-state index is -3.33. The van der Waals surface area contributed by atoms with Crippen LogP contribution in [0.2, 0.25) is 0 Å². The second kappa shape index (κ2) is 9.88. The van der Waals surface area contributed by atoms with Crippen molar-refractivity contribution >= 4 is 10.1 Å². The summed E-state index contributed by atoms with van der Waals surface area (Å²) in [5, 5.41) is 0. The maximum Gasteiger partial charge on any atom is 0.264 e. The first-order chi connectivity index (χ1) is 9.58. The Bertz CT molecular complexity index is 444. The summed E-state index contributed by atoms with van der Waals surface area (Å²) in [6, 6.07) is 10.0. The quantitative estimate of drug-likeness (QED) is 0.462. The molecule has 0 amide bonds. The standard InChI is InChI=1S/C14H22O5S/c1-20(15,16)19-12-6-10-17-9-5-11-18-13-14-7-3-2-4-8-14/h2-4,7-8H,5-6,9-13H2,1H3. The first kappa shape index (κ1) is 17.1. The van der Waals surface area contributed by atoms with Gasteiger partial charge in [0.2, 0.25) is 0 Å². The van der Waals surface area contributed by atoms with Crippen molar-refractivity contribution in [1.29, 1.82) is 0 Å². The third-order valence-corrected chi connectivity index (χ3v) is 3.01. The van der Waals surface area contributed by atoms with Gasteiger partial charge in [-0.15, -0.1) is 0 Å². The molecule has 0 fully saturated rings. The van der Waals surface area contributed by atoms with E-state index in [0.717, 1.165) is 18.2 Å². The highest BCUT2D eigenvalue weighted by Gasteiger charge is 2.00. The minimum absolute atomic E-state index is 0.170. The molecule has 0 radical (unpaired) electrons. The van der Waals surface area contributed by atoms with Crippen LogP contribution in [-0.2, 0) is 30.4 Å². The summed E-state index contributed by atoms with van der Waals surface area (Å²) in [5.41, 5.74) is 1.16. The van der Waals surface area contributed by atoms with Gasteiger partial charge in [0.1, 0.15) is 0 Å². The molecule has 0 heterocycles. The molecule has 0 aliphatic heterocycles. The molecule has 20 heavy (non-hydrogen) atoms. The zero-order valence-corrected chi connectivity index (χ0v) is 12.6. The largest absolute Gasteiger partial charge is 0.381 e. The molecule has 1 aromatic rings. The van der Waals surface area contributed by atoms with Crippen LogP contribution in [0.5, 0.6) is 0 Å². The fourth-order valence-corrected chi connectivity index (χ4v) is 1.92. The van der Waals surface area contributed by atoms with Crippen molar-refractivity contribution in [3.63, 3.8) is 0 Å². The van der Waals surface area contributed by atoms with Gasteiger partial charge in [-0.05, 0) is 18.4 Å². The second-order valence-corrected chi connectivity index (χ2v) is 6.03. The average molecular weight is 302 g/mol. The number of rotatable bonds is 11. The van der Waals surface area contributed by atoms with Crippen molar-refractivity contribution in [2.45, 2.75) is 19.4 Å². The highest BCUT2D eigenvalue weighted by molar-refractivity contribution is 7.85. The van der Waals surface area contributed by atoms with Gasteiger partial charge in [0.15, 0.2) is 0 Å². The normalized spacial score (nSPS) is 11.7. The van der Waals surface area contributed by atoms with Crippen molar-refractivity contribution in [1.82, 2.24) is 0 Å². The molecular formula is C14H22O5S. The van der Waals surface area contributed by atoms with Gasteiger partial charge >= 0.3 is 0 Å². The maximum absolute atomic E-state index is 10.7. The SMILES string of the molecule is CS(=O)(=O)OCCCOCCCOCc1ccccc1. The van der Waals surface area contributed by atoms with Crippen LogP contribution < -0.4 is 0 Å². The Balaban J connectivity index is 1.86. The lowest BCUT2D eigenvalue weighted by Crippen LogP contribution is -2.08. The fraction of sp³-hybridized carbons (Fsp3) is 0.571. The Morgan fingerprint density at radius 1 is 0.900 bits per heavy atom. The molecule has 0 saturated heterocycles. The molecule has 114 valence electrons. The average Bonchev–Trinajstić information content (AvgIpc) is 2.41. The highest BCUT2D eigenvalue weighted by atomic mass is 32.2. The summed E-state index contributed by atoms with van der Waals surface area (Å²) in [6.07, 6.45) is 2.43. The lowest BCUT2D eigenvalue weighted by Gasteiger charge is -2.06. The van der Waals surface area contributed by atoms with E-state index in [2.05, 4.69) is 4.18 Å². The van der Waals surface area contributed by atoms with Crippen LogP contribution >= 0.6 is 0 Å². The summed E-state index contributed by atoms with van der Waals surface area (Å²) in [5.74, 6) is 0. The number of benzene rings is 1. The van der Waals surface area contributed by atoms with Crippen molar-refractivity contribution in [3.8, 4) is 0 Å². The lowest BCUT2D eigenvalue weighted by molar-refractivity contribution is 0.0716. The molecule has 6 heteroatoms. The lowest BCUT2D eigenvalue weighted by atomic mass is 10.2. The van der Waals surface area contributed by atoms with Crippen LogP contribution in [0, 0.1) is 0 Å². The monoisotopic (exact) mass is 302 g/mol. The first-order valence-electron chi connectivity index (χ1n) is 6.62. The van der Waals surface area contributed by atoms with Gasteiger partial charge in [0.05, 0.1) is 19.5 Å². The van der Waals surface area contributed by atoms with Crippen molar-refractivity contribution in [2.24, 2.45) is 0 Å². The minimum Gasteiger partial charge on any atom is -0.381 e. The van der Waals surface area contributed by atoms with Crippen LogP contribution in [-0.4, -0.2) is 41.1 Å². The van der Waals surface area contributed by atoms with Gasteiger partial charge in [0.25, 0.3) is 10.1 Å². The van der Waals surface area contributed by atoms with Crippen LogP contribution in [0.1, 0.15) is 18.4 Å². The van der Waals surface area contributed by atoms with Gasteiger partial charge in [-0.3, -0.25) is 4.18 Å². The smallest absolute Gasteiger partial charge is 0.264 e. The van der Waals surface area contributed by atoms with Gasteiger partial charge in [-0.25, -0.2) is 0 Å². The Kier molecular flexibility index (Phi) is 8.45. The topological polar surface area (TPSA) is 61.8 Å². The maximum atomic E-state index is 10.7. The molecule has 0 spiro atoms.